The lowest BCUT2D eigenvalue weighted by atomic mass is 10.0. The van der Waals surface area contributed by atoms with Gasteiger partial charge in [-0.1, -0.05) is 0 Å². The summed E-state index contributed by atoms with van der Waals surface area (Å²) >= 11 is 0. The van der Waals surface area contributed by atoms with E-state index in [1.165, 1.54) is 6.42 Å². The molecule has 1 saturated heterocycles. The predicted octanol–water partition coefficient (Wildman–Crippen LogP) is 1.27. The standard InChI is InChI=1S/C14H21N5O.ClH/c1-9(20)19-7-5-10-12(8-19)17-14(18-13(10)15-2)11-4-3-6-16-11;/h11,16H,3-8H2,1-2H3,(H,15,17,18);1H. The summed E-state index contributed by atoms with van der Waals surface area (Å²) in [5.74, 6) is 1.89. The molecule has 116 valence electrons. The third kappa shape index (κ3) is 3.11. The smallest absolute Gasteiger partial charge is 0.219 e. The fourth-order valence-electron chi connectivity index (χ4n) is 2.99. The maximum Gasteiger partial charge on any atom is 0.219 e. The first-order valence-electron chi connectivity index (χ1n) is 7.25. The largest absolute Gasteiger partial charge is 0.373 e. The lowest BCUT2D eigenvalue weighted by molar-refractivity contribution is -0.129. The van der Waals surface area contributed by atoms with E-state index in [1.807, 2.05) is 11.9 Å². The fourth-order valence-corrected chi connectivity index (χ4v) is 2.99. The molecule has 0 radical (unpaired) electrons. The van der Waals surface area contributed by atoms with Crippen molar-refractivity contribution in [1.29, 1.82) is 0 Å². The second-order valence-electron chi connectivity index (χ2n) is 5.45. The average Bonchev–Trinajstić information content (AvgIpc) is 2.99. The summed E-state index contributed by atoms with van der Waals surface area (Å²) in [6, 6.07) is 0.250. The Morgan fingerprint density at radius 1 is 1.43 bits per heavy atom. The highest BCUT2D eigenvalue weighted by Crippen LogP contribution is 2.27. The molecule has 21 heavy (non-hydrogen) atoms. The van der Waals surface area contributed by atoms with Crippen molar-refractivity contribution in [3.63, 3.8) is 0 Å². The molecule has 1 unspecified atom stereocenters. The van der Waals surface area contributed by atoms with Gasteiger partial charge in [-0.3, -0.25) is 4.79 Å². The number of carbonyl (C=O) groups excluding carboxylic acids is 1. The molecule has 0 saturated carbocycles. The Labute approximate surface area is 131 Å². The van der Waals surface area contributed by atoms with E-state index in [1.54, 1.807) is 6.92 Å². The van der Waals surface area contributed by atoms with E-state index in [2.05, 4.69) is 15.6 Å². The van der Waals surface area contributed by atoms with Crippen LogP contribution in [0.2, 0.25) is 0 Å². The summed E-state index contributed by atoms with van der Waals surface area (Å²) in [7, 11) is 1.89. The highest BCUT2D eigenvalue weighted by Gasteiger charge is 2.26. The average molecular weight is 312 g/mol. The third-order valence-electron chi connectivity index (χ3n) is 4.14. The monoisotopic (exact) mass is 311 g/mol. The van der Waals surface area contributed by atoms with Crippen LogP contribution in [0.25, 0.3) is 0 Å². The molecule has 2 aliphatic rings. The number of rotatable bonds is 2. The number of nitrogens with one attached hydrogen (secondary N) is 2. The molecule has 3 rings (SSSR count). The van der Waals surface area contributed by atoms with Crippen molar-refractivity contribution in [2.24, 2.45) is 0 Å². The van der Waals surface area contributed by atoms with E-state index < -0.39 is 0 Å². The number of hydrogen-bond acceptors (Lipinski definition) is 5. The highest BCUT2D eigenvalue weighted by atomic mass is 35.5. The molecule has 1 aromatic rings. The summed E-state index contributed by atoms with van der Waals surface area (Å²) in [5.41, 5.74) is 2.15. The van der Waals surface area contributed by atoms with E-state index in [9.17, 15) is 4.79 Å². The van der Waals surface area contributed by atoms with Crippen LogP contribution < -0.4 is 10.6 Å². The number of aromatic nitrogens is 2. The first-order valence-corrected chi connectivity index (χ1v) is 7.25. The number of amides is 1. The second-order valence-corrected chi connectivity index (χ2v) is 5.45. The van der Waals surface area contributed by atoms with Crippen molar-refractivity contribution < 1.29 is 4.79 Å². The van der Waals surface area contributed by atoms with Gasteiger partial charge in [0.05, 0.1) is 18.3 Å². The van der Waals surface area contributed by atoms with Gasteiger partial charge in [0.15, 0.2) is 0 Å². The third-order valence-corrected chi connectivity index (χ3v) is 4.14. The molecule has 0 aromatic carbocycles. The van der Waals surface area contributed by atoms with Gasteiger partial charge in [-0.2, -0.15) is 0 Å². The minimum atomic E-state index is 0. The van der Waals surface area contributed by atoms with Gasteiger partial charge in [-0.05, 0) is 25.8 Å². The second kappa shape index (κ2) is 6.58. The van der Waals surface area contributed by atoms with Gasteiger partial charge < -0.3 is 15.5 Å². The van der Waals surface area contributed by atoms with Crippen LogP contribution in [0.1, 0.15) is 42.9 Å². The van der Waals surface area contributed by atoms with E-state index >= 15 is 0 Å². The maximum atomic E-state index is 11.6. The molecule has 3 heterocycles. The van der Waals surface area contributed by atoms with Crippen molar-refractivity contribution in [1.82, 2.24) is 20.2 Å². The van der Waals surface area contributed by atoms with Crippen molar-refractivity contribution in [3.05, 3.63) is 17.1 Å². The first kappa shape index (κ1) is 16.0. The highest BCUT2D eigenvalue weighted by molar-refractivity contribution is 5.85. The van der Waals surface area contributed by atoms with Crippen molar-refractivity contribution in [3.8, 4) is 0 Å². The fraction of sp³-hybridized carbons (Fsp3) is 0.643. The number of fused-ring (bicyclic) bond motifs is 1. The van der Waals surface area contributed by atoms with Crippen LogP contribution in [0, 0.1) is 0 Å². The maximum absolute atomic E-state index is 11.6. The normalized spacial score (nSPS) is 20.7. The van der Waals surface area contributed by atoms with Gasteiger partial charge in [0, 0.05) is 26.1 Å². The Hall–Kier alpha value is -1.40. The number of hydrogen-bond donors (Lipinski definition) is 2. The Morgan fingerprint density at radius 3 is 2.86 bits per heavy atom. The van der Waals surface area contributed by atoms with E-state index in [-0.39, 0.29) is 24.4 Å². The molecule has 6 nitrogen and oxygen atoms in total. The molecule has 1 amide bonds. The molecule has 1 fully saturated rings. The molecule has 2 aliphatic heterocycles. The Balaban J connectivity index is 0.00000161. The van der Waals surface area contributed by atoms with Crippen LogP contribution >= 0.6 is 12.4 Å². The topological polar surface area (TPSA) is 70.2 Å². The SMILES string of the molecule is CNc1nc(C2CCCN2)nc2c1CCN(C(C)=O)C2.Cl. The minimum absolute atomic E-state index is 0. The number of halogens is 1. The van der Waals surface area contributed by atoms with Gasteiger partial charge in [0.1, 0.15) is 11.6 Å². The zero-order chi connectivity index (χ0) is 14.1. The molecule has 0 spiro atoms. The van der Waals surface area contributed by atoms with Crippen molar-refractivity contribution >= 4 is 24.1 Å². The van der Waals surface area contributed by atoms with E-state index in [0.717, 1.165) is 48.8 Å². The molecular weight excluding hydrogens is 290 g/mol. The van der Waals surface area contributed by atoms with Crippen LogP contribution in [-0.4, -0.2) is 40.9 Å². The quantitative estimate of drug-likeness (QED) is 0.861. The van der Waals surface area contributed by atoms with Crippen molar-refractivity contribution in [2.45, 2.75) is 38.8 Å². The predicted molar refractivity (Wildman–Crippen MR) is 83.6 cm³/mol. The lowest BCUT2D eigenvalue weighted by Gasteiger charge is -2.29. The zero-order valence-corrected chi connectivity index (χ0v) is 13.3. The lowest BCUT2D eigenvalue weighted by Crippen LogP contribution is -2.36. The molecular formula is C14H22ClN5O. The first-order chi connectivity index (χ1) is 9.69. The summed E-state index contributed by atoms with van der Waals surface area (Å²) < 4.78 is 0. The summed E-state index contributed by atoms with van der Waals surface area (Å²) in [6.45, 7) is 3.99. The van der Waals surface area contributed by atoms with Gasteiger partial charge in [0.2, 0.25) is 5.91 Å². The molecule has 1 aromatic heterocycles. The van der Waals surface area contributed by atoms with Crippen molar-refractivity contribution in [2.75, 3.05) is 25.5 Å². The Kier molecular flexibility index (Phi) is 5.00. The number of carbonyl (C=O) groups is 1. The van der Waals surface area contributed by atoms with Gasteiger partial charge in [0.25, 0.3) is 0 Å². The van der Waals surface area contributed by atoms with E-state index in [4.69, 9.17) is 4.98 Å². The summed E-state index contributed by atoms with van der Waals surface area (Å²) in [6.07, 6.45) is 3.07. The molecule has 0 bridgehead atoms. The number of nitrogens with zero attached hydrogens (tertiary/aromatic N) is 3. The van der Waals surface area contributed by atoms with Crippen LogP contribution in [0.3, 0.4) is 0 Å². The zero-order valence-electron chi connectivity index (χ0n) is 12.5. The molecule has 1 atom stereocenters. The Bertz CT molecular complexity index is 530. The number of anilines is 1. The van der Waals surface area contributed by atoms with Gasteiger partial charge >= 0.3 is 0 Å². The summed E-state index contributed by atoms with van der Waals surface area (Å²) in [4.78, 5) is 22.8. The van der Waals surface area contributed by atoms with Crippen LogP contribution in [0.5, 0.6) is 0 Å². The summed E-state index contributed by atoms with van der Waals surface area (Å²) in [5, 5.41) is 6.61. The molecule has 2 N–H and O–H groups in total. The van der Waals surface area contributed by atoms with Crippen LogP contribution in [0.4, 0.5) is 5.82 Å². The minimum Gasteiger partial charge on any atom is -0.373 e. The van der Waals surface area contributed by atoms with Crippen LogP contribution in [-0.2, 0) is 17.8 Å². The van der Waals surface area contributed by atoms with Crippen LogP contribution in [0.15, 0.2) is 0 Å². The van der Waals surface area contributed by atoms with Gasteiger partial charge in [-0.25, -0.2) is 9.97 Å². The molecule has 0 aliphatic carbocycles. The Morgan fingerprint density at radius 2 is 2.24 bits per heavy atom. The van der Waals surface area contributed by atoms with E-state index in [0.29, 0.717) is 6.54 Å². The molecule has 7 heteroatoms. The van der Waals surface area contributed by atoms with Gasteiger partial charge in [-0.15, -0.1) is 12.4 Å².